The second kappa shape index (κ2) is 5.62. The first kappa shape index (κ1) is 18.0. The van der Waals surface area contributed by atoms with E-state index < -0.39 is 10.8 Å². The minimum Gasteiger partial charge on any atom is -0.508 e. The zero-order chi connectivity index (χ0) is 18.4. The van der Waals surface area contributed by atoms with Crippen LogP contribution in [0.5, 0.6) is 23.0 Å². The van der Waals surface area contributed by atoms with Crippen LogP contribution in [0.1, 0.15) is 52.7 Å². The van der Waals surface area contributed by atoms with Gasteiger partial charge in [0.05, 0.1) is 0 Å². The van der Waals surface area contributed by atoms with Crippen molar-refractivity contribution in [2.45, 2.75) is 52.4 Å². The lowest BCUT2D eigenvalue weighted by atomic mass is 9.81. The van der Waals surface area contributed by atoms with E-state index in [9.17, 15) is 20.4 Å². The van der Waals surface area contributed by atoms with Crippen LogP contribution in [0.2, 0.25) is 0 Å². The number of phenolic OH excluding ortho intramolecular Hbond substituents is 4. The molecule has 24 heavy (non-hydrogen) atoms. The molecule has 0 bridgehead atoms. The summed E-state index contributed by atoms with van der Waals surface area (Å²) in [5.41, 5.74) is 0.932. The topological polar surface area (TPSA) is 80.9 Å². The van der Waals surface area contributed by atoms with Gasteiger partial charge in [-0.1, -0.05) is 41.5 Å². The molecule has 2 rings (SSSR count). The highest BCUT2D eigenvalue weighted by Gasteiger charge is 2.26. The number of rotatable bonds is 1. The first-order valence-electron chi connectivity index (χ1n) is 7.95. The minimum atomic E-state index is -0.392. The molecule has 4 heteroatoms. The normalized spacial score (nSPS) is 12.4. The predicted octanol–water partition coefficient (Wildman–Crippen LogP) is 4.77. The maximum atomic E-state index is 10.7. The molecule has 0 heterocycles. The summed E-state index contributed by atoms with van der Waals surface area (Å²) in [5.74, 6) is -0.0392. The lowest BCUT2D eigenvalue weighted by Crippen LogP contribution is -2.12. The zero-order valence-corrected chi connectivity index (χ0v) is 15.1. The molecule has 0 amide bonds. The second-order valence-corrected chi connectivity index (χ2v) is 8.28. The number of hydrogen-bond acceptors (Lipinski definition) is 4. The maximum absolute atomic E-state index is 10.7. The average Bonchev–Trinajstić information content (AvgIpc) is 2.41. The predicted molar refractivity (Wildman–Crippen MR) is 95.9 cm³/mol. The first-order valence-corrected chi connectivity index (χ1v) is 7.95. The Bertz CT molecular complexity index is 710. The van der Waals surface area contributed by atoms with Gasteiger partial charge in [-0.25, -0.2) is 0 Å². The third kappa shape index (κ3) is 3.28. The summed E-state index contributed by atoms with van der Waals surface area (Å²) in [7, 11) is 0. The second-order valence-electron chi connectivity index (χ2n) is 8.28. The first-order chi connectivity index (χ1) is 10.8. The van der Waals surface area contributed by atoms with Crippen LogP contribution in [0.3, 0.4) is 0 Å². The molecular formula is C20H26O4. The van der Waals surface area contributed by atoms with Crippen molar-refractivity contribution in [3.05, 3.63) is 35.4 Å². The van der Waals surface area contributed by atoms with Gasteiger partial charge in [0.2, 0.25) is 0 Å². The summed E-state index contributed by atoms with van der Waals surface area (Å²) >= 11 is 0. The van der Waals surface area contributed by atoms with Gasteiger partial charge in [-0.3, -0.25) is 0 Å². The molecule has 0 unspecified atom stereocenters. The van der Waals surface area contributed by atoms with Crippen LogP contribution < -0.4 is 0 Å². The maximum Gasteiger partial charge on any atom is 0.127 e. The Kier molecular flexibility index (Phi) is 4.21. The van der Waals surface area contributed by atoms with Crippen molar-refractivity contribution in [1.82, 2.24) is 0 Å². The van der Waals surface area contributed by atoms with Crippen LogP contribution in [0.25, 0.3) is 11.1 Å². The van der Waals surface area contributed by atoms with Crippen LogP contribution in [-0.2, 0) is 10.8 Å². The lowest BCUT2D eigenvalue weighted by Gasteiger charge is -2.25. The summed E-state index contributed by atoms with van der Waals surface area (Å²) in [5, 5.41) is 41.6. The Morgan fingerprint density at radius 3 is 1.08 bits per heavy atom. The van der Waals surface area contributed by atoms with Gasteiger partial charge in [0.25, 0.3) is 0 Å². The average molecular weight is 330 g/mol. The molecule has 0 fully saturated rings. The van der Waals surface area contributed by atoms with Crippen LogP contribution in [0.15, 0.2) is 24.3 Å². The van der Waals surface area contributed by atoms with Crippen LogP contribution in [0, 0.1) is 0 Å². The van der Waals surface area contributed by atoms with Crippen LogP contribution in [-0.4, -0.2) is 20.4 Å². The summed E-state index contributed by atoms with van der Waals surface area (Å²) in [4.78, 5) is 0. The van der Waals surface area contributed by atoms with E-state index in [4.69, 9.17) is 0 Å². The van der Waals surface area contributed by atoms with E-state index in [2.05, 4.69) is 0 Å². The molecule has 2 aromatic carbocycles. The molecule has 0 saturated heterocycles. The Morgan fingerprint density at radius 1 is 0.542 bits per heavy atom. The smallest absolute Gasteiger partial charge is 0.127 e. The van der Waals surface area contributed by atoms with Crippen molar-refractivity contribution in [2.75, 3.05) is 0 Å². The van der Waals surface area contributed by atoms with Crippen molar-refractivity contribution >= 4 is 0 Å². The molecule has 4 nitrogen and oxygen atoms in total. The summed E-state index contributed by atoms with van der Waals surface area (Å²) in [6.07, 6.45) is 0. The third-order valence-electron chi connectivity index (χ3n) is 4.10. The SMILES string of the molecule is CC(C)(C)c1cc(O)cc(-c2cc(O)cc(C(C)(C)C)c2O)c1O. The summed E-state index contributed by atoms with van der Waals surface area (Å²) in [6.45, 7) is 11.5. The highest BCUT2D eigenvalue weighted by Crippen LogP contribution is 2.47. The summed E-state index contributed by atoms with van der Waals surface area (Å²) < 4.78 is 0. The molecule has 0 radical (unpaired) electrons. The fraction of sp³-hybridized carbons (Fsp3) is 0.400. The van der Waals surface area contributed by atoms with Crippen molar-refractivity contribution in [1.29, 1.82) is 0 Å². The molecule has 0 aliphatic carbocycles. The van der Waals surface area contributed by atoms with Gasteiger partial charge in [0, 0.05) is 22.3 Å². The Balaban J connectivity index is 2.83. The van der Waals surface area contributed by atoms with E-state index in [1.165, 1.54) is 24.3 Å². The Morgan fingerprint density at radius 2 is 0.833 bits per heavy atom. The van der Waals surface area contributed by atoms with Crippen molar-refractivity contribution in [3.8, 4) is 34.1 Å². The van der Waals surface area contributed by atoms with Gasteiger partial charge < -0.3 is 20.4 Å². The van der Waals surface area contributed by atoms with E-state index in [1.54, 1.807) is 0 Å². The molecule has 130 valence electrons. The minimum absolute atomic E-state index is 0.00669. The van der Waals surface area contributed by atoms with Gasteiger partial charge >= 0.3 is 0 Å². The molecule has 2 aromatic rings. The molecule has 0 aliphatic rings. The number of hydrogen-bond donors (Lipinski definition) is 4. The fourth-order valence-electron chi connectivity index (χ4n) is 2.79. The van der Waals surface area contributed by atoms with E-state index >= 15 is 0 Å². The lowest BCUT2D eigenvalue weighted by molar-refractivity contribution is 0.430. The molecule has 0 atom stereocenters. The number of aromatic hydroxyl groups is 4. The molecule has 0 aliphatic heterocycles. The van der Waals surface area contributed by atoms with E-state index in [-0.39, 0.29) is 23.0 Å². The highest BCUT2D eigenvalue weighted by molar-refractivity contribution is 5.81. The van der Waals surface area contributed by atoms with Crippen LogP contribution in [0.4, 0.5) is 0 Å². The van der Waals surface area contributed by atoms with E-state index in [0.29, 0.717) is 22.3 Å². The molecule has 0 spiro atoms. The monoisotopic (exact) mass is 330 g/mol. The molecule has 0 saturated carbocycles. The van der Waals surface area contributed by atoms with Gasteiger partial charge in [0.15, 0.2) is 0 Å². The number of benzene rings is 2. The van der Waals surface area contributed by atoms with E-state index in [1.807, 2.05) is 41.5 Å². The van der Waals surface area contributed by atoms with Gasteiger partial charge in [-0.15, -0.1) is 0 Å². The standard InChI is InChI=1S/C20H26O4/c1-19(2,3)15-9-11(21)7-13(17(15)23)14-8-12(22)10-16(18(14)24)20(4,5)6/h7-10,21-24H,1-6H3. The van der Waals surface area contributed by atoms with E-state index in [0.717, 1.165) is 0 Å². The quantitative estimate of drug-likeness (QED) is 0.568. The molecular weight excluding hydrogens is 304 g/mol. The van der Waals surface area contributed by atoms with Gasteiger partial charge in [-0.2, -0.15) is 0 Å². The van der Waals surface area contributed by atoms with Crippen LogP contribution >= 0.6 is 0 Å². The highest BCUT2D eigenvalue weighted by atomic mass is 16.3. The Hall–Kier alpha value is -2.36. The van der Waals surface area contributed by atoms with Gasteiger partial charge in [-0.05, 0) is 35.1 Å². The third-order valence-corrected chi connectivity index (χ3v) is 4.10. The zero-order valence-electron chi connectivity index (χ0n) is 15.1. The largest absolute Gasteiger partial charge is 0.508 e. The fourth-order valence-corrected chi connectivity index (χ4v) is 2.79. The summed E-state index contributed by atoms with van der Waals surface area (Å²) in [6, 6.07) is 5.82. The van der Waals surface area contributed by atoms with Gasteiger partial charge in [0.1, 0.15) is 23.0 Å². The van der Waals surface area contributed by atoms with Crippen molar-refractivity contribution in [2.24, 2.45) is 0 Å². The number of phenols is 4. The Labute approximate surface area is 143 Å². The van der Waals surface area contributed by atoms with Crippen molar-refractivity contribution in [3.63, 3.8) is 0 Å². The van der Waals surface area contributed by atoms with Crippen molar-refractivity contribution < 1.29 is 20.4 Å². The molecule has 4 N–H and O–H groups in total. The molecule has 0 aromatic heterocycles.